The highest BCUT2D eigenvalue weighted by Gasteiger charge is 2.44. The molecule has 0 atom stereocenters. The van der Waals surface area contributed by atoms with E-state index in [1.807, 2.05) is 6.07 Å². The van der Waals surface area contributed by atoms with Crippen molar-refractivity contribution in [3.8, 4) is 5.75 Å². The van der Waals surface area contributed by atoms with Crippen molar-refractivity contribution in [2.24, 2.45) is 5.41 Å². The fourth-order valence-electron chi connectivity index (χ4n) is 5.63. The van der Waals surface area contributed by atoms with Gasteiger partial charge in [-0.25, -0.2) is 12.9 Å². The predicted molar refractivity (Wildman–Crippen MR) is 137 cm³/mol. The quantitative estimate of drug-likeness (QED) is 0.441. The Labute approximate surface area is 213 Å². The van der Waals surface area contributed by atoms with Gasteiger partial charge in [-0.3, -0.25) is 9.59 Å². The third kappa shape index (κ3) is 3.89. The zero-order valence-electron chi connectivity index (χ0n) is 20.4. The number of hydrogen-bond acceptors (Lipinski definition) is 6. The van der Waals surface area contributed by atoms with E-state index in [1.54, 1.807) is 51.9 Å². The maximum absolute atomic E-state index is 13.5. The molecule has 2 aliphatic heterocycles. The van der Waals surface area contributed by atoms with Gasteiger partial charge in [0.1, 0.15) is 17.0 Å². The SMILES string of the molecule is COc1cccc(S(=O)(=O)N2CCC3(CCN(C(=O)c4cnn5c4[nH]c(=O)c4ccccc45)C3)CC2)c1. The van der Waals surface area contributed by atoms with Gasteiger partial charge in [-0.15, -0.1) is 0 Å². The van der Waals surface area contributed by atoms with Crippen molar-refractivity contribution in [1.82, 2.24) is 23.8 Å². The fourth-order valence-corrected chi connectivity index (χ4v) is 7.11. The van der Waals surface area contributed by atoms with Gasteiger partial charge >= 0.3 is 0 Å². The summed E-state index contributed by atoms with van der Waals surface area (Å²) in [4.78, 5) is 30.9. The van der Waals surface area contributed by atoms with E-state index in [1.165, 1.54) is 17.6 Å². The van der Waals surface area contributed by atoms with Crippen molar-refractivity contribution in [2.75, 3.05) is 33.3 Å². The molecular formula is C26H27N5O5S. The first-order chi connectivity index (χ1) is 17.8. The number of rotatable bonds is 4. The van der Waals surface area contributed by atoms with Gasteiger partial charge in [0, 0.05) is 32.2 Å². The number of sulfonamides is 1. The maximum atomic E-state index is 13.5. The number of H-pyrrole nitrogens is 1. The van der Waals surface area contributed by atoms with Crippen molar-refractivity contribution in [2.45, 2.75) is 24.2 Å². The summed E-state index contributed by atoms with van der Waals surface area (Å²) in [5.74, 6) is 0.325. The van der Waals surface area contributed by atoms with E-state index in [9.17, 15) is 18.0 Å². The molecule has 0 saturated carbocycles. The minimum absolute atomic E-state index is 0.126. The van der Waals surface area contributed by atoms with Crippen LogP contribution in [0.15, 0.2) is 64.4 Å². The van der Waals surface area contributed by atoms with E-state index < -0.39 is 10.0 Å². The van der Waals surface area contributed by atoms with Crippen LogP contribution in [0.1, 0.15) is 29.6 Å². The normalized spacial score (nSPS) is 18.1. The highest BCUT2D eigenvalue weighted by molar-refractivity contribution is 7.89. The van der Waals surface area contributed by atoms with Gasteiger partial charge in [-0.05, 0) is 48.9 Å². The zero-order valence-corrected chi connectivity index (χ0v) is 21.2. The number of para-hydroxylation sites is 1. The van der Waals surface area contributed by atoms with Gasteiger partial charge in [0.15, 0.2) is 0 Å². The summed E-state index contributed by atoms with van der Waals surface area (Å²) in [6.45, 7) is 1.93. The topological polar surface area (TPSA) is 117 Å². The molecule has 2 fully saturated rings. The first kappa shape index (κ1) is 23.7. The highest BCUT2D eigenvalue weighted by Crippen LogP contribution is 2.42. The molecule has 2 aliphatic rings. The molecule has 1 spiro atoms. The first-order valence-corrected chi connectivity index (χ1v) is 13.7. The minimum atomic E-state index is -3.62. The van der Waals surface area contributed by atoms with E-state index in [0.717, 1.165) is 6.42 Å². The molecule has 1 N–H and O–H groups in total. The van der Waals surface area contributed by atoms with Crippen LogP contribution in [0.4, 0.5) is 0 Å². The molecule has 0 bridgehead atoms. The lowest BCUT2D eigenvalue weighted by Crippen LogP contribution is -2.44. The Morgan fingerprint density at radius 1 is 1.05 bits per heavy atom. The molecule has 0 aliphatic carbocycles. The van der Waals surface area contributed by atoms with Crippen molar-refractivity contribution >= 4 is 32.5 Å². The summed E-state index contributed by atoms with van der Waals surface area (Å²) in [6.07, 6.45) is 3.67. The van der Waals surface area contributed by atoms with Crippen LogP contribution in [0.5, 0.6) is 5.75 Å². The first-order valence-electron chi connectivity index (χ1n) is 12.2. The van der Waals surface area contributed by atoms with Gasteiger partial charge in [-0.1, -0.05) is 18.2 Å². The molecule has 2 saturated heterocycles. The van der Waals surface area contributed by atoms with Gasteiger partial charge in [0.2, 0.25) is 10.0 Å². The van der Waals surface area contributed by atoms with E-state index in [4.69, 9.17) is 4.74 Å². The zero-order chi connectivity index (χ0) is 25.8. The molecule has 10 nitrogen and oxygen atoms in total. The Kier molecular flexibility index (Phi) is 5.57. The number of nitrogens with one attached hydrogen (secondary N) is 1. The summed E-state index contributed by atoms with van der Waals surface area (Å²) >= 11 is 0. The molecule has 11 heteroatoms. The number of likely N-dealkylation sites (tertiary alicyclic amines) is 1. The fraction of sp³-hybridized carbons (Fsp3) is 0.346. The number of ether oxygens (including phenoxy) is 1. The number of amides is 1. The van der Waals surface area contributed by atoms with Crippen LogP contribution >= 0.6 is 0 Å². The lowest BCUT2D eigenvalue weighted by atomic mass is 9.78. The standard InChI is InChI=1S/C26H27N5O5S/c1-36-18-5-4-6-19(15-18)37(34,35)30-13-10-26(11-14-30)9-12-29(17-26)25(33)21-16-27-31-22-8-3-2-7-20(22)24(32)28-23(21)31/h2-8,15-16H,9-14,17H2,1H3,(H,28,32). The van der Waals surface area contributed by atoms with Crippen molar-refractivity contribution in [3.63, 3.8) is 0 Å². The van der Waals surface area contributed by atoms with E-state index in [2.05, 4.69) is 10.1 Å². The molecule has 2 aromatic heterocycles. The molecule has 6 rings (SSSR count). The van der Waals surface area contributed by atoms with Gasteiger partial charge in [0.05, 0.1) is 29.1 Å². The Bertz CT molecular complexity index is 1680. The molecule has 4 heterocycles. The van der Waals surface area contributed by atoms with Gasteiger partial charge < -0.3 is 14.6 Å². The summed E-state index contributed by atoms with van der Waals surface area (Å²) < 4.78 is 34.7. The Balaban J connectivity index is 1.19. The second-order valence-electron chi connectivity index (χ2n) is 9.85. The van der Waals surface area contributed by atoms with Crippen LogP contribution < -0.4 is 10.3 Å². The number of hydrogen-bond donors (Lipinski definition) is 1. The van der Waals surface area contributed by atoms with E-state index >= 15 is 0 Å². The van der Waals surface area contributed by atoms with Crippen molar-refractivity contribution < 1.29 is 17.9 Å². The minimum Gasteiger partial charge on any atom is -0.497 e. The largest absolute Gasteiger partial charge is 0.497 e. The number of carbonyl (C=O) groups is 1. The number of aromatic nitrogens is 3. The summed E-state index contributed by atoms with van der Waals surface area (Å²) in [7, 11) is -2.11. The van der Waals surface area contributed by atoms with Crippen LogP contribution in [-0.2, 0) is 10.0 Å². The van der Waals surface area contributed by atoms with Crippen LogP contribution in [0.3, 0.4) is 0 Å². The summed E-state index contributed by atoms with van der Waals surface area (Å²) in [6, 6.07) is 13.7. The predicted octanol–water partition coefficient (Wildman–Crippen LogP) is 2.50. The Morgan fingerprint density at radius 3 is 2.59 bits per heavy atom. The monoisotopic (exact) mass is 521 g/mol. The van der Waals surface area contributed by atoms with E-state index in [0.29, 0.717) is 66.9 Å². The Morgan fingerprint density at radius 2 is 1.81 bits per heavy atom. The lowest BCUT2D eigenvalue weighted by molar-refractivity contribution is 0.0752. The molecule has 192 valence electrons. The summed E-state index contributed by atoms with van der Waals surface area (Å²) in [5.41, 5.74) is 0.994. The van der Waals surface area contributed by atoms with Gasteiger partial charge in [0.25, 0.3) is 11.5 Å². The molecule has 37 heavy (non-hydrogen) atoms. The van der Waals surface area contributed by atoms with Crippen LogP contribution in [-0.4, -0.2) is 71.4 Å². The average Bonchev–Trinajstić information content (AvgIpc) is 3.53. The van der Waals surface area contributed by atoms with Crippen molar-refractivity contribution in [3.05, 3.63) is 70.6 Å². The number of fused-ring (bicyclic) bond motifs is 3. The second kappa shape index (κ2) is 8.70. The number of carbonyl (C=O) groups excluding carboxylic acids is 1. The smallest absolute Gasteiger partial charge is 0.259 e. The molecule has 2 aromatic carbocycles. The highest BCUT2D eigenvalue weighted by atomic mass is 32.2. The summed E-state index contributed by atoms with van der Waals surface area (Å²) in [5, 5.41) is 4.89. The molecule has 4 aromatic rings. The number of benzene rings is 2. The average molecular weight is 522 g/mol. The maximum Gasteiger partial charge on any atom is 0.259 e. The van der Waals surface area contributed by atoms with Gasteiger partial charge in [-0.2, -0.15) is 9.40 Å². The number of aromatic amines is 1. The number of piperidine rings is 1. The Hall–Kier alpha value is -3.70. The van der Waals surface area contributed by atoms with Crippen LogP contribution in [0.25, 0.3) is 16.6 Å². The molecular weight excluding hydrogens is 494 g/mol. The number of nitrogens with zero attached hydrogens (tertiary/aromatic N) is 4. The van der Waals surface area contributed by atoms with E-state index in [-0.39, 0.29) is 21.8 Å². The molecule has 0 radical (unpaired) electrons. The van der Waals surface area contributed by atoms with Crippen LogP contribution in [0, 0.1) is 5.41 Å². The molecule has 0 unspecified atom stereocenters. The lowest BCUT2D eigenvalue weighted by Gasteiger charge is -2.38. The number of methoxy groups -OCH3 is 1. The van der Waals surface area contributed by atoms with Crippen LogP contribution in [0.2, 0.25) is 0 Å². The third-order valence-electron chi connectivity index (χ3n) is 7.80. The molecule has 1 amide bonds. The van der Waals surface area contributed by atoms with Crippen molar-refractivity contribution in [1.29, 1.82) is 0 Å². The second-order valence-corrected chi connectivity index (χ2v) is 11.8. The third-order valence-corrected chi connectivity index (χ3v) is 9.69.